The Balaban J connectivity index is 1.78. The molecule has 13 heavy (non-hydrogen) atoms. The van der Waals surface area contributed by atoms with Crippen LogP contribution < -0.4 is 5.32 Å². The van der Waals surface area contributed by atoms with Gasteiger partial charge >= 0.3 is 0 Å². The SMILES string of the molecule is CCCCCCCC[C@H]1CCCN1. The van der Waals surface area contributed by atoms with Gasteiger partial charge in [0.25, 0.3) is 0 Å². The molecule has 0 radical (unpaired) electrons. The summed E-state index contributed by atoms with van der Waals surface area (Å²) in [5, 5.41) is 3.56. The van der Waals surface area contributed by atoms with Crippen molar-refractivity contribution >= 4 is 0 Å². The summed E-state index contributed by atoms with van der Waals surface area (Å²) < 4.78 is 0. The third-order valence-corrected chi connectivity index (χ3v) is 3.07. The second-order valence-electron chi connectivity index (χ2n) is 4.35. The van der Waals surface area contributed by atoms with Gasteiger partial charge in [-0.1, -0.05) is 45.4 Å². The van der Waals surface area contributed by atoms with Crippen molar-refractivity contribution in [3.63, 3.8) is 0 Å². The average molecular weight is 183 g/mol. The van der Waals surface area contributed by atoms with Crippen LogP contribution in [0.4, 0.5) is 0 Å². The second-order valence-corrected chi connectivity index (χ2v) is 4.35. The first kappa shape index (κ1) is 11.0. The Hall–Kier alpha value is -0.0400. The normalized spacial score (nSPS) is 22.4. The Morgan fingerprint density at radius 3 is 2.54 bits per heavy atom. The van der Waals surface area contributed by atoms with Crippen molar-refractivity contribution in [3.05, 3.63) is 0 Å². The van der Waals surface area contributed by atoms with Crippen LogP contribution in [-0.2, 0) is 0 Å². The maximum atomic E-state index is 3.56. The van der Waals surface area contributed by atoms with Gasteiger partial charge in [0.05, 0.1) is 0 Å². The van der Waals surface area contributed by atoms with Gasteiger partial charge in [-0.05, 0) is 25.8 Å². The van der Waals surface area contributed by atoms with Crippen molar-refractivity contribution in [1.29, 1.82) is 0 Å². The molecule has 1 aliphatic rings. The van der Waals surface area contributed by atoms with Crippen LogP contribution in [0.25, 0.3) is 0 Å². The van der Waals surface area contributed by atoms with Gasteiger partial charge in [-0.15, -0.1) is 0 Å². The third-order valence-electron chi connectivity index (χ3n) is 3.07. The standard InChI is InChI=1S/C12H25N/c1-2-3-4-5-6-7-9-12-10-8-11-13-12/h12-13H,2-11H2,1H3/t12-/m0/s1. The fourth-order valence-corrected chi connectivity index (χ4v) is 2.17. The lowest BCUT2D eigenvalue weighted by atomic mass is 10.0. The zero-order valence-electron chi connectivity index (χ0n) is 9.15. The van der Waals surface area contributed by atoms with E-state index in [-0.39, 0.29) is 0 Å². The van der Waals surface area contributed by atoms with Crippen LogP contribution in [0.2, 0.25) is 0 Å². The Bertz CT molecular complexity index is 106. The van der Waals surface area contributed by atoms with E-state index in [0.717, 1.165) is 6.04 Å². The van der Waals surface area contributed by atoms with Gasteiger partial charge in [0, 0.05) is 6.04 Å². The van der Waals surface area contributed by atoms with E-state index in [2.05, 4.69) is 12.2 Å². The van der Waals surface area contributed by atoms with Crippen LogP contribution in [-0.4, -0.2) is 12.6 Å². The molecule has 1 atom stereocenters. The first-order chi connectivity index (χ1) is 6.43. The number of rotatable bonds is 7. The average Bonchev–Trinajstić information content (AvgIpc) is 2.63. The maximum Gasteiger partial charge on any atom is 0.00675 e. The minimum Gasteiger partial charge on any atom is -0.314 e. The molecule has 1 heteroatoms. The summed E-state index contributed by atoms with van der Waals surface area (Å²) >= 11 is 0. The van der Waals surface area contributed by atoms with Crippen molar-refractivity contribution in [1.82, 2.24) is 5.32 Å². The lowest BCUT2D eigenvalue weighted by Crippen LogP contribution is -2.20. The molecule has 0 aromatic rings. The molecule has 78 valence electrons. The Kier molecular flexibility index (Phi) is 6.26. The molecule has 0 unspecified atom stereocenters. The van der Waals surface area contributed by atoms with Gasteiger partial charge in [-0.2, -0.15) is 0 Å². The molecule has 0 amide bonds. The fraction of sp³-hybridized carbons (Fsp3) is 1.00. The third kappa shape index (κ3) is 5.30. The topological polar surface area (TPSA) is 12.0 Å². The lowest BCUT2D eigenvalue weighted by molar-refractivity contribution is 0.504. The molecule has 1 nitrogen and oxygen atoms in total. The second kappa shape index (κ2) is 7.37. The minimum absolute atomic E-state index is 0.867. The first-order valence-corrected chi connectivity index (χ1v) is 6.17. The lowest BCUT2D eigenvalue weighted by Gasteiger charge is -2.08. The van der Waals surface area contributed by atoms with Gasteiger partial charge in [-0.25, -0.2) is 0 Å². The van der Waals surface area contributed by atoms with Crippen molar-refractivity contribution in [2.45, 2.75) is 70.8 Å². The quantitative estimate of drug-likeness (QED) is 0.596. The van der Waals surface area contributed by atoms with E-state index in [1.807, 2.05) is 0 Å². The van der Waals surface area contributed by atoms with Crippen LogP contribution in [0.1, 0.15) is 64.7 Å². The van der Waals surface area contributed by atoms with Gasteiger partial charge in [0.15, 0.2) is 0 Å². The van der Waals surface area contributed by atoms with Crippen molar-refractivity contribution in [2.75, 3.05) is 6.54 Å². The minimum atomic E-state index is 0.867. The summed E-state index contributed by atoms with van der Waals surface area (Å²) in [6.45, 7) is 3.54. The van der Waals surface area contributed by atoms with E-state index in [1.54, 1.807) is 0 Å². The van der Waals surface area contributed by atoms with Gasteiger partial charge in [0.1, 0.15) is 0 Å². The number of hydrogen-bond acceptors (Lipinski definition) is 1. The summed E-state index contributed by atoms with van der Waals surface area (Å²) in [5.74, 6) is 0. The van der Waals surface area contributed by atoms with Crippen LogP contribution in [0, 0.1) is 0 Å². The molecule has 0 aliphatic carbocycles. The first-order valence-electron chi connectivity index (χ1n) is 6.17. The van der Waals surface area contributed by atoms with Gasteiger partial charge < -0.3 is 5.32 Å². The molecule has 0 aromatic heterocycles. The molecule has 1 fully saturated rings. The van der Waals surface area contributed by atoms with E-state index >= 15 is 0 Å². The van der Waals surface area contributed by atoms with Crippen LogP contribution in [0.3, 0.4) is 0 Å². The molecule has 1 rings (SSSR count). The molecule has 1 heterocycles. The predicted molar refractivity (Wildman–Crippen MR) is 59.0 cm³/mol. The highest BCUT2D eigenvalue weighted by Crippen LogP contribution is 2.14. The molecule has 1 aliphatic heterocycles. The van der Waals surface area contributed by atoms with Crippen LogP contribution in [0.5, 0.6) is 0 Å². The maximum absolute atomic E-state index is 3.56. The summed E-state index contributed by atoms with van der Waals surface area (Å²) in [5.41, 5.74) is 0. The van der Waals surface area contributed by atoms with Crippen molar-refractivity contribution in [3.8, 4) is 0 Å². The van der Waals surface area contributed by atoms with Crippen molar-refractivity contribution < 1.29 is 0 Å². The molecule has 0 bridgehead atoms. The van der Waals surface area contributed by atoms with E-state index in [4.69, 9.17) is 0 Å². The summed E-state index contributed by atoms with van der Waals surface area (Å²) in [6, 6.07) is 0.867. The summed E-state index contributed by atoms with van der Waals surface area (Å²) in [4.78, 5) is 0. The van der Waals surface area contributed by atoms with Crippen LogP contribution in [0.15, 0.2) is 0 Å². The highest BCUT2D eigenvalue weighted by molar-refractivity contribution is 4.73. The summed E-state index contributed by atoms with van der Waals surface area (Å²) in [7, 11) is 0. The number of unbranched alkanes of at least 4 members (excludes halogenated alkanes) is 5. The van der Waals surface area contributed by atoms with Crippen LogP contribution >= 0.6 is 0 Å². The van der Waals surface area contributed by atoms with E-state index < -0.39 is 0 Å². The molecule has 1 N–H and O–H groups in total. The van der Waals surface area contributed by atoms with Gasteiger partial charge in [-0.3, -0.25) is 0 Å². The molecule has 0 spiro atoms. The molecule has 0 aromatic carbocycles. The summed E-state index contributed by atoms with van der Waals surface area (Å²) in [6.07, 6.45) is 12.9. The molecular formula is C12H25N. The molecular weight excluding hydrogens is 158 g/mol. The zero-order valence-corrected chi connectivity index (χ0v) is 9.15. The highest BCUT2D eigenvalue weighted by Gasteiger charge is 2.12. The van der Waals surface area contributed by atoms with E-state index in [0.29, 0.717) is 0 Å². The Labute approximate surface area is 83.3 Å². The Morgan fingerprint density at radius 1 is 1.08 bits per heavy atom. The smallest absolute Gasteiger partial charge is 0.00675 e. The fourth-order valence-electron chi connectivity index (χ4n) is 2.17. The number of nitrogens with one attached hydrogen (secondary N) is 1. The molecule has 0 saturated carbocycles. The zero-order chi connectivity index (χ0) is 9.36. The molecule has 1 saturated heterocycles. The van der Waals surface area contributed by atoms with E-state index in [9.17, 15) is 0 Å². The number of hydrogen-bond donors (Lipinski definition) is 1. The monoisotopic (exact) mass is 183 g/mol. The Morgan fingerprint density at radius 2 is 1.85 bits per heavy atom. The highest BCUT2D eigenvalue weighted by atomic mass is 14.9. The largest absolute Gasteiger partial charge is 0.314 e. The van der Waals surface area contributed by atoms with Crippen molar-refractivity contribution in [2.24, 2.45) is 0 Å². The predicted octanol–water partition coefficient (Wildman–Crippen LogP) is 3.49. The van der Waals surface area contributed by atoms with Gasteiger partial charge in [0.2, 0.25) is 0 Å². The van der Waals surface area contributed by atoms with E-state index in [1.165, 1.54) is 64.3 Å².